The van der Waals surface area contributed by atoms with Gasteiger partial charge in [-0.3, -0.25) is 14.5 Å². The second kappa shape index (κ2) is 8.85. The number of amides is 2. The van der Waals surface area contributed by atoms with Crippen molar-refractivity contribution < 1.29 is 9.59 Å². The SMILES string of the molecule is O=C1CCC(C(=O)NCCCCN2CCN(c3ccccc3)CC2)N1. The van der Waals surface area contributed by atoms with Gasteiger partial charge in [-0.25, -0.2) is 0 Å². The molecule has 0 aliphatic carbocycles. The first-order valence-corrected chi connectivity index (χ1v) is 9.32. The highest BCUT2D eigenvalue weighted by Crippen LogP contribution is 2.15. The van der Waals surface area contributed by atoms with Crippen LogP contribution < -0.4 is 15.5 Å². The molecule has 2 aliphatic heterocycles. The van der Waals surface area contributed by atoms with Gasteiger partial charge in [0.15, 0.2) is 0 Å². The minimum atomic E-state index is -0.321. The van der Waals surface area contributed by atoms with Crippen LogP contribution in [0, 0.1) is 0 Å². The molecular weight excluding hydrogens is 316 g/mol. The van der Waals surface area contributed by atoms with Gasteiger partial charge in [0.25, 0.3) is 0 Å². The number of nitrogens with zero attached hydrogens (tertiary/aromatic N) is 2. The molecule has 0 saturated carbocycles. The fourth-order valence-corrected chi connectivity index (χ4v) is 3.47. The van der Waals surface area contributed by atoms with Gasteiger partial charge in [-0.15, -0.1) is 0 Å². The Morgan fingerprint density at radius 2 is 1.88 bits per heavy atom. The maximum Gasteiger partial charge on any atom is 0.242 e. The Bertz CT molecular complexity index is 570. The zero-order valence-electron chi connectivity index (χ0n) is 14.7. The van der Waals surface area contributed by atoms with Crippen LogP contribution in [0.15, 0.2) is 30.3 Å². The molecule has 2 heterocycles. The highest BCUT2D eigenvalue weighted by Gasteiger charge is 2.26. The highest BCUT2D eigenvalue weighted by molar-refractivity contribution is 5.90. The predicted octanol–water partition coefficient (Wildman–Crippen LogP) is 0.984. The Kier molecular flexibility index (Phi) is 6.28. The second-order valence-electron chi connectivity index (χ2n) is 6.82. The van der Waals surface area contributed by atoms with Gasteiger partial charge in [-0.2, -0.15) is 0 Å². The molecule has 1 aromatic carbocycles. The number of benzene rings is 1. The second-order valence-corrected chi connectivity index (χ2v) is 6.82. The molecule has 0 radical (unpaired) electrons. The van der Waals surface area contributed by atoms with E-state index in [2.05, 4.69) is 50.8 Å². The molecule has 1 unspecified atom stereocenters. The highest BCUT2D eigenvalue weighted by atomic mass is 16.2. The summed E-state index contributed by atoms with van der Waals surface area (Å²) in [4.78, 5) is 27.9. The van der Waals surface area contributed by atoms with E-state index in [9.17, 15) is 9.59 Å². The van der Waals surface area contributed by atoms with Crippen LogP contribution in [0.5, 0.6) is 0 Å². The molecule has 2 amide bonds. The number of hydrogen-bond donors (Lipinski definition) is 2. The zero-order chi connectivity index (χ0) is 17.5. The zero-order valence-corrected chi connectivity index (χ0v) is 14.7. The summed E-state index contributed by atoms with van der Waals surface area (Å²) in [5.74, 6) is -0.0582. The van der Waals surface area contributed by atoms with Gasteiger partial charge in [0, 0.05) is 44.8 Å². The summed E-state index contributed by atoms with van der Waals surface area (Å²) in [6, 6.07) is 10.3. The summed E-state index contributed by atoms with van der Waals surface area (Å²) in [6.45, 7) is 6.10. The van der Waals surface area contributed by atoms with E-state index in [0.29, 0.717) is 19.4 Å². The number of nitrogens with one attached hydrogen (secondary N) is 2. The minimum Gasteiger partial charge on any atom is -0.369 e. The molecule has 2 N–H and O–H groups in total. The first-order valence-electron chi connectivity index (χ1n) is 9.32. The van der Waals surface area contributed by atoms with E-state index in [1.54, 1.807) is 0 Å². The predicted molar refractivity (Wildman–Crippen MR) is 98.5 cm³/mol. The number of carbonyl (C=O) groups is 2. The normalized spacial score (nSPS) is 21.2. The van der Waals surface area contributed by atoms with E-state index in [1.165, 1.54) is 5.69 Å². The van der Waals surface area contributed by atoms with Gasteiger partial charge in [0.05, 0.1) is 0 Å². The lowest BCUT2D eigenvalue weighted by molar-refractivity contribution is -0.125. The fraction of sp³-hybridized carbons (Fsp3) is 0.579. The maximum atomic E-state index is 11.9. The smallest absolute Gasteiger partial charge is 0.242 e. The maximum absolute atomic E-state index is 11.9. The van der Waals surface area contributed by atoms with Crippen molar-refractivity contribution in [2.75, 3.05) is 44.2 Å². The Balaban J connectivity index is 1.25. The molecule has 2 aliphatic rings. The van der Waals surface area contributed by atoms with Crippen molar-refractivity contribution in [2.24, 2.45) is 0 Å². The lowest BCUT2D eigenvalue weighted by Crippen LogP contribution is -2.46. The third-order valence-electron chi connectivity index (χ3n) is 5.01. The van der Waals surface area contributed by atoms with Gasteiger partial charge < -0.3 is 15.5 Å². The molecule has 6 nitrogen and oxygen atoms in total. The lowest BCUT2D eigenvalue weighted by Gasteiger charge is -2.36. The van der Waals surface area contributed by atoms with E-state index in [0.717, 1.165) is 45.6 Å². The molecule has 3 rings (SSSR count). The Labute approximate surface area is 149 Å². The third-order valence-corrected chi connectivity index (χ3v) is 5.01. The van der Waals surface area contributed by atoms with Gasteiger partial charge in [-0.1, -0.05) is 18.2 Å². The Hall–Kier alpha value is -2.08. The average molecular weight is 344 g/mol. The summed E-state index contributed by atoms with van der Waals surface area (Å²) in [5.41, 5.74) is 1.31. The monoisotopic (exact) mass is 344 g/mol. The number of para-hydroxylation sites is 1. The van der Waals surface area contributed by atoms with Crippen molar-refractivity contribution in [1.82, 2.24) is 15.5 Å². The van der Waals surface area contributed by atoms with Crippen LogP contribution in [0.25, 0.3) is 0 Å². The molecule has 0 aromatic heterocycles. The van der Waals surface area contributed by atoms with E-state index in [4.69, 9.17) is 0 Å². The van der Waals surface area contributed by atoms with Crippen LogP contribution in [-0.2, 0) is 9.59 Å². The number of anilines is 1. The van der Waals surface area contributed by atoms with Crippen LogP contribution >= 0.6 is 0 Å². The fourth-order valence-electron chi connectivity index (χ4n) is 3.47. The van der Waals surface area contributed by atoms with Crippen molar-refractivity contribution in [1.29, 1.82) is 0 Å². The van der Waals surface area contributed by atoms with E-state index in [1.807, 2.05) is 0 Å². The topological polar surface area (TPSA) is 64.7 Å². The number of hydrogen-bond acceptors (Lipinski definition) is 4. The lowest BCUT2D eigenvalue weighted by atomic mass is 10.2. The molecule has 1 atom stereocenters. The van der Waals surface area contributed by atoms with Crippen molar-refractivity contribution in [3.8, 4) is 0 Å². The third kappa shape index (κ3) is 5.19. The Morgan fingerprint density at radius 3 is 2.56 bits per heavy atom. The molecule has 1 aromatic rings. The van der Waals surface area contributed by atoms with Crippen LogP contribution in [0.1, 0.15) is 25.7 Å². The van der Waals surface area contributed by atoms with Crippen LogP contribution in [-0.4, -0.2) is 62.0 Å². The summed E-state index contributed by atoms with van der Waals surface area (Å²) in [6.07, 6.45) is 3.15. The van der Waals surface area contributed by atoms with Crippen LogP contribution in [0.3, 0.4) is 0 Å². The van der Waals surface area contributed by atoms with Crippen LogP contribution in [0.2, 0.25) is 0 Å². The summed E-state index contributed by atoms with van der Waals surface area (Å²) >= 11 is 0. The van der Waals surface area contributed by atoms with E-state index in [-0.39, 0.29) is 17.9 Å². The molecule has 6 heteroatoms. The van der Waals surface area contributed by atoms with Gasteiger partial charge in [-0.05, 0) is 37.9 Å². The number of unbranched alkanes of at least 4 members (excludes halogenated alkanes) is 1. The largest absolute Gasteiger partial charge is 0.369 e. The molecule has 136 valence electrons. The first-order chi connectivity index (χ1) is 12.2. The summed E-state index contributed by atoms with van der Waals surface area (Å²) < 4.78 is 0. The van der Waals surface area contributed by atoms with E-state index >= 15 is 0 Å². The average Bonchev–Trinajstić information content (AvgIpc) is 3.09. The van der Waals surface area contributed by atoms with Crippen molar-refractivity contribution in [2.45, 2.75) is 31.7 Å². The molecule has 2 saturated heterocycles. The standard InChI is InChI=1S/C19H28N4O2/c24-18-9-8-17(21-18)19(25)20-10-4-5-11-22-12-14-23(15-13-22)16-6-2-1-3-7-16/h1-3,6-7,17H,4-5,8-15H2,(H,20,25)(H,21,24). The summed E-state index contributed by atoms with van der Waals surface area (Å²) in [7, 11) is 0. The minimum absolute atomic E-state index is 0.0187. The molecule has 2 fully saturated rings. The van der Waals surface area contributed by atoms with Gasteiger partial charge in [0.2, 0.25) is 11.8 Å². The molecule has 25 heavy (non-hydrogen) atoms. The summed E-state index contributed by atoms with van der Waals surface area (Å²) in [5, 5.41) is 5.63. The van der Waals surface area contributed by atoms with Gasteiger partial charge in [0.1, 0.15) is 6.04 Å². The number of carbonyl (C=O) groups excluding carboxylic acids is 2. The van der Waals surface area contributed by atoms with E-state index < -0.39 is 0 Å². The van der Waals surface area contributed by atoms with Gasteiger partial charge >= 0.3 is 0 Å². The number of rotatable bonds is 7. The molecule has 0 bridgehead atoms. The number of piperazine rings is 1. The van der Waals surface area contributed by atoms with Crippen molar-refractivity contribution in [3.63, 3.8) is 0 Å². The van der Waals surface area contributed by atoms with Crippen molar-refractivity contribution >= 4 is 17.5 Å². The first kappa shape index (κ1) is 17.7. The molecule has 0 spiro atoms. The quantitative estimate of drug-likeness (QED) is 0.724. The molecular formula is C19H28N4O2. The Morgan fingerprint density at radius 1 is 1.12 bits per heavy atom. The van der Waals surface area contributed by atoms with Crippen molar-refractivity contribution in [3.05, 3.63) is 30.3 Å². The van der Waals surface area contributed by atoms with Crippen LogP contribution in [0.4, 0.5) is 5.69 Å².